The third-order valence-corrected chi connectivity index (χ3v) is 4.32. The molecule has 19 heavy (non-hydrogen) atoms. The van der Waals surface area contributed by atoms with Crippen LogP contribution >= 0.6 is 0 Å². The van der Waals surface area contributed by atoms with Gasteiger partial charge in [0.1, 0.15) is 0 Å². The van der Waals surface area contributed by atoms with Gasteiger partial charge in [-0.25, -0.2) is 0 Å². The van der Waals surface area contributed by atoms with E-state index in [2.05, 4.69) is 50.2 Å². The second-order valence-electron chi connectivity index (χ2n) is 6.25. The summed E-state index contributed by atoms with van der Waals surface area (Å²) in [6, 6.07) is 4.62. The summed E-state index contributed by atoms with van der Waals surface area (Å²) in [5.41, 5.74) is 5.83. The predicted octanol–water partition coefficient (Wildman–Crippen LogP) is 2.70. The molecule has 0 saturated carbocycles. The molecule has 0 amide bonds. The minimum Gasteiger partial charge on any atom is -0.316 e. The summed E-state index contributed by atoms with van der Waals surface area (Å²) < 4.78 is 0. The second kappa shape index (κ2) is 6.53. The Morgan fingerprint density at radius 2 is 1.89 bits per heavy atom. The average Bonchev–Trinajstić information content (AvgIpc) is 2.80. The molecule has 2 heteroatoms. The quantitative estimate of drug-likeness (QED) is 0.875. The molecular formula is C17H28N2. The first kappa shape index (κ1) is 14.5. The summed E-state index contributed by atoms with van der Waals surface area (Å²) in [6.45, 7) is 11.5. The van der Waals surface area contributed by atoms with Gasteiger partial charge in [0.2, 0.25) is 0 Å². The highest BCUT2D eigenvalue weighted by Gasteiger charge is 2.16. The fraction of sp³-hybridized carbons (Fsp3) is 0.647. The van der Waals surface area contributed by atoms with E-state index in [4.69, 9.17) is 0 Å². The van der Waals surface area contributed by atoms with Crippen molar-refractivity contribution >= 4 is 0 Å². The van der Waals surface area contributed by atoms with Crippen LogP contribution in [0, 0.1) is 26.7 Å². The highest BCUT2D eigenvalue weighted by Crippen LogP contribution is 2.17. The van der Waals surface area contributed by atoms with Crippen LogP contribution in [0.1, 0.15) is 28.7 Å². The van der Waals surface area contributed by atoms with Gasteiger partial charge in [0.05, 0.1) is 0 Å². The van der Waals surface area contributed by atoms with Crippen molar-refractivity contribution in [1.82, 2.24) is 10.2 Å². The molecule has 1 N–H and O–H groups in total. The lowest BCUT2D eigenvalue weighted by Crippen LogP contribution is -2.29. The first-order chi connectivity index (χ1) is 9.06. The molecule has 0 spiro atoms. The Morgan fingerprint density at radius 1 is 1.21 bits per heavy atom. The van der Waals surface area contributed by atoms with Crippen molar-refractivity contribution in [2.45, 2.75) is 33.6 Å². The smallest absolute Gasteiger partial charge is 0.00193 e. The van der Waals surface area contributed by atoms with Crippen LogP contribution in [0.15, 0.2) is 12.1 Å². The maximum atomic E-state index is 3.45. The molecule has 1 atom stereocenters. The molecule has 1 aliphatic heterocycles. The van der Waals surface area contributed by atoms with Crippen LogP contribution < -0.4 is 5.32 Å². The molecule has 1 aromatic carbocycles. The number of hydrogen-bond acceptors (Lipinski definition) is 2. The monoisotopic (exact) mass is 260 g/mol. The number of hydrogen-bond donors (Lipinski definition) is 1. The van der Waals surface area contributed by atoms with Crippen LogP contribution in [0.2, 0.25) is 0 Å². The van der Waals surface area contributed by atoms with Crippen LogP contribution in [0.25, 0.3) is 0 Å². The molecule has 0 bridgehead atoms. The van der Waals surface area contributed by atoms with Gasteiger partial charge in [-0.3, -0.25) is 0 Å². The maximum Gasteiger partial charge on any atom is 0.00193 e. The van der Waals surface area contributed by atoms with Gasteiger partial charge in [-0.1, -0.05) is 17.7 Å². The van der Waals surface area contributed by atoms with E-state index in [9.17, 15) is 0 Å². The summed E-state index contributed by atoms with van der Waals surface area (Å²) in [4.78, 5) is 2.50. The molecule has 2 nitrogen and oxygen atoms in total. The van der Waals surface area contributed by atoms with E-state index in [0.717, 1.165) is 5.92 Å². The Kier molecular flexibility index (Phi) is 5.00. The van der Waals surface area contributed by atoms with Gasteiger partial charge in [-0.15, -0.1) is 0 Å². The molecule has 106 valence electrons. The molecule has 1 aromatic rings. The minimum absolute atomic E-state index is 0.852. The van der Waals surface area contributed by atoms with Crippen LogP contribution in [-0.2, 0) is 6.42 Å². The zero-order valence-corrected chi connectivity index (χ0v) is 12.9. The molecule has 0 aliphatic carbocycles. The highest BCUT2D eigenvalue weighted by molar-refractivity contribution is 5.37. The molecule has 1 unspecified atom stereocenters. The van der Waals surface area contributed by atoms with Crippen LogP contribution in [0.5, 0.6) is 0 Å². The zero-order valence-electron chi connectivity index (χ0n) is 12.9. The summed E-state index contributed by atoms with van der Waals surface area (Å²) in [5.74, 6) is 0.852. The van der Waals surface area contributed by atoms with Crippen molar-refractivity contribution in [3.05, 3.63) is 34.4 Å². The second-order valence-corrected chi connectivity index (χ2v) is 6.25. The van der Waals surface area contributed by atoms with E-state index in [-0.39, 0.29) is 0 Å². The van der Waals surface area contributed by atoms with E-state index in [1.807, 2.05) is 0 Å². The first-order valence-corrected chi connectivity index (χ1v) is 7.52. The van der Waals surface area contributed by atoms with E-state index < -0.39 is 0 Å². The molecule has 1 aliphatic rings. The molecular weight excluding hydrogens is 232 g/mol. The lowest BCUT2D eigenvalue weighted by molar-refractivity contribution is 0.288. The fourth-order valence-electron chi connectivity index (χ4n) is 3.31. The topological polar surface area (TPSA) is 15.3 Å². The van der Waals surface area contributed by atoms with Gasteiger partial charge in [0.15, 0.2) is 0 Å². The Bertz CT molecular complexity index is 396. The van der Waals surface area contributed by atoms with Crippen molar-refractivity contribution in [3.63, 3.8) is 0 Å². The molecule has 1 fully saturated rings. The van der Waals surface area contributed by atoms with Gasteiger partial charge in [-0.2, -0.15) is 0 Å². The van der Waals surface area contributed by atoms with E-state index in [1.54, 1.807) is 5.56 Å². The van der Waals surface area contributed by atoms with Crippen molar-refractivity contribution < 1.29 is 0 Å². The van der Waals surface area contributed by atoms with Crippen LogP contribution in [0.4, 0.5) is 0 Å². The molecule has 1 heterocycles. The summed E-state index contributed by atoms with van der Waals surface area (Å²) >= 11 is 0. The Morgan fingerprint density at radius 3 is 2.47 bits per heavy atom. The van der Waals surface area contributed by atoms with Crippen LogP contribution in [-0.4, -0.2) is 38.1 Å². The van der Waals surface area contributed by atoms with Crippen molar-refractivity contribution in [2.75, 3.05) is 33.2 Å². The van der Waals surface area contributed by atoms with E-state index in [0.29, 0.717) is 0 Å². The van der Waals surface area contributed by atoms with Crippen molar-refractivity contribution in [3.8, 4) is 0 Å². The number of nitrogens with one attached hydrogen (secondary N) is 1. The third kappa shape index (κ3) is 4.05. The number of likely N-dealkylation sites (N-methyl/N-ethyl adjacent to an activating group) is 1. The lowest BCUT2D eigenvalue weighted by atomic mass is 9.97. The molecule has 2 rings (SSSR count). The lowest BCUT2D eigenvalue weighted by Gasteiger charge is -2.21. The van der Waals surface area contributed by atoms with Gasteiger partial charge in [-0.05, 0) is 76.4 Å². The minimum atomic E-state index is 0.852. The maximum absolute atomic E-state index is 3.45. The third-order valence-electron chi connectivity index (χ3n) is 4.32. The number of aryl methyl sites for hydroxylation is 3. The van der Waals surface area contributed by atoms with E-state index >= 15 is 0 Å². The summed E-state index contributed by atoms with van der Waals surface area (Å²) in [5, 5.41) is 3.45. The zero-order chi connectivity index (χ0) is 13.8. The van der Waals surface area contributed by atoms with Gasteiger partial charge in [0, 0.05) is 13.1 Å². The molecule has 0 aromatic heterocycles. The van der Waals surface area contributed by atoms with E-state index in [1.165, 1.54) is 55.7 Å². The SMILES string of the molecule is Cc1cc(C)c(CCN(C)CC2CCNC2)c(C)c1. The van der Waals surface area contributed by atoms with Gasteiger partial charge >= 0.3 is 0 Å². The average molecular weight is 260 g/mol. The number of benzene rings is 1. The normalized spacial score (nSPS) is 19.3. The summed E-state index contributed by atoms with van der Waals surface area (Å²) in [7, 11) is 2.26. The first-order valence-electron chi connectivity index (χ1n) is 7.52. The van der Waals surface area contributed by atoms with Gasteiger partial charge in [0.25, 0.3) is 0 Å². The van der Waals surface area contributed by atoms with Crippen molar-refractivity contribution in [1.29, 1.82) is 0 Å². The fourth-order valence-corrected chi connectivity index (χ4v) is 3.31. The van der Waals surface area contributed by atoms with Gasteiger partial charge < -0.3 is 10.2 Å². The summed E-state index contributed by atoms with van der Waals surface area (Å²) in [6.07, 6.45) is 2.52. The largest absolute Gasteiger partial charge is 0.316 e. The predicted molar refractivity (Wildman–Crippen MR) is 82.8 cm³/mol. The number of rotatable bonds is 5. The Hall–Kier alpha value is -0.860. The number of nitrogens with zero attached hydrogens (tertiary/aromatic N) is 1. The van der Waals surface area contributed by atoms with Crippen molar-refractivity contribution in [2.24, 2.45) is 5.92 Å². The highest BCUT2D eigenvalue weighted by atomic mass is 15.1. The Balaban J connectivity index is 1.87. The Labute approximate surface area is 118 Å². The molecule has 0 radical (unpaired) electrons. The van der Waals surface area contributed by atoms with Crippen LogP contribution in [0.3, 0.4) is 0 Å². The molecule has 1 saturated heterocycles. The standard InChI is InChI=1S/C17H28N2/c1-13-9-14(2)17(15(3)10-13)6-8-19(4)12-16-5-7-18-11-16/h9-10,16,18H,5-8,11-12H2,1-4H3.